The lowest BCUT2D eigenvalue weighted by atomic mass is 9.89. The average molecular weight is 228 g/mol. The monoisotopic (exact) mass is 228 g/mol. The largest absolute Gasteiger partial charge is 0.379 e. The third kappa shape index (κ3) is 2.95. The molecule has 4 heteroatoms. The van der Waals surface area contributed by atoms with E-state index >= 15 is 0 Å². The fourth-order valence-electron chi connectivity index (χ4n) is 2.00. The number of nitrogens with two attached hydrogens (primary N) is 1. The van der Waals surface area contributed by atoms with E-state index in [2.05, 4.69) is 5.32 Å². The lowest BCUT2D eigenvalue weighted by molar-refractivity contribution is -0.130. The van der Waals surface area contributed by atoms with Crippen molar-refractivity contribution in [3.63, 3.8) is 0 Å². The van der Waals surface area contributed by atoms with Crippen molar-refractivity contribution < 1.29 is 9.53 Å². The Morgan fingerprint density at radius 3 is 2.56 bits per heavy atom. The lowest BCUT2D eigenvalue weighted by Gasteiger charge is -2.37. The number of carbonyl (C=O) groups excluding carboxylic acids is 1. The number of rotatable bonds is 4. The van der Waals surface area contributed by atoms with E-state index in [4.69, 9.17) is 10.5 Å². The van der Waals surface area contributed by atoms with Crippen LogP contribution in [0, 0.1) is 0 Å². The molecule has 0 saturated carbocycles. The van der Waals surface area contributed by atoms with Crippen LogP contribution >= 0.6 is 0 Å². The van der Waals surface area contributed by atoms with Crippen molar-refractivity contribution in [1.29, 1.82) is 0 Å². The fraction of sp³-hybridized carbons (Fsp3) is 0.917. The van der Waals surface area contributed by atoms with E-state index in [0.717, 1.165) is 19.4 Å². The molecule has 1 amide bonds. The third-order valence-electron chi connectivity index (χ3n) is 3.57. The molecule has 16 heavy (non-hydrogen) atoms. The minimum atomic E-state index is -0.736. The summed E-state index contributed by atoms with van der Waals surface area (Å²) < 4.78 is 5.41. The standard InChI is InChI=1S/C12H24N2O2/c1-4-12(13,5-2)10(15)14-11(3)7-6-8-16-9-11/h4-9,13H2,1-3H3,(H,14,15). The van der Waals surface area contributed by atoms with Crippen molar-refractivity contribution in [3.8, 4) is 0 Å². The van der Waals surface area contributed by atoms with E-state index in [9.17, 15) is 4.79 Å². The van der Waals surface area contributed by atoms with E-state index in [-0.39, 0.29) is 11.4 Å². The predicted octanol–water partition coefficient (Wildman–Crippen LogP) is 1.19. The van der Waals surface area contributed by atoms with Gasteiger partial charge in [0.05, 0.1) is 17.7 Å². The summed E-state index contributed by atoms with van der Waals surface area (Å²) in [6.45, 7) is 7.30. The molecule has 0 radical (unpaired) electrons. The molecule has 94 valence electrons. The Kier molecular flexibility index (Phi) is 4.33. The fourth-order valence-corrected chi connectivity index (χ4v) is 2.00. The molecule has 0 aromatic rings. The smallest absolute Gasteiger partial charge is 0.240 e. The van der Waals surface area contributed by atoms with E-state index in [0.29, 0.717) is 19.4 Å². The van der Waals surface area contributed by atoms with Crippen LogP contribution in [-0.2, 0) is 9.53 Å². The molecule has 4 nitrogen and oxygen atoms in total. The van der Waals surface area contributed by atoms with E-state index in [1.54, 1.807) is 0 Å². The lowest BCUT2D eigenvalue weighted by Crippen LogP contribution is -2.61. The molecule has 1 unspecified atom stereocenters. The Morgan fingerprint density at radius 1 is 1.50 bits per heavy atom. The molecule has 1 rings (SSSR count). The Balaban J connectivity index is 2.62. The number of hydrogen-bond donors (Lipinski definition) is 2. The van der Waals surface area contributed by atoms with Gasteiger partial charge in [-0.1, -0.05) is 13.8 Å². The van der Waals surface area contributed by atoms with Crippen LogP contribution < -0.4 is 11.1 Å². The zero-order valence-corrected chi connectivity index (χ0v) is 10.6. The number of ether oxygens (including phenoxy) is 1. The summed E-state index contributed by atoms with van der Waals surface area (Å²) in [5.41, 5.74) is 5.08. The summed E-state index contributed by atoms with van der Waals surface area (Å²) in [4.78, 5) is 12.1. The van der Waals surface area contributed by atoms with Gasteiger partial charge in [0, 0.05) is 6.61 Å². The van der Waals surface area contributed by atoms with Crippen molar-refractivity contribution in [2.75, 3.05) is 13.2 Å². The number of nitrogens with one attached hydrogen (secondary N) is 1. The molecule has 1 aliphatic heterocycles. The summed E-state index contributed by atoms with van der Waals surface area (Å²) in [6.07, 6.45) is 3.27. The molecule has 0 spiro atoms. The van der Waals surface area contributed by atoms with Gasteiger partial charge in [-0.3, -0.25) is 4.79 Å². The second kappa shape index (κ2) is 5.15. The first-order valence-electron chi connectivity index (χ1n) is 6.15. The zero-order valence-electron chi connectivity index (χ0n) is 10.6. The predicted molar refractivity (Wildman–Crippen MR) is 64.1 cm³/mol. The van der Waals surface area contributed by atoms with Crippen LogP contribution in [-0.4, -0.2) is 30.2 Å². The number of hydrogen-bond acceptors (Lipinski definition) is 3. The summed E-state index contributed by atoms with van der Waals surface area (Å²) in [5, 5.41) is 3.05. The first-order chi connectivity index (χ1) is 7.46. The Labute approximate surface area is 97.9 Å². The summed E-state index contributed by atoms with van der Waals surface area (Å²) in [7, 11) is 0. The summed E-state index contributed by atoms with van der Waals surface area (Å²) in [5.74, 6) is -0.0505. The first-order valence-corrected chi connectivity index (χ1v) is 6.15. The molecular weight excluding hydrogens is 204 g/mol. The van der Waals surface area contributed by atoms with Crippen LogP contribution in [0.3, 0.4) is 0 Å². The number of carbonyl (C=O) groups is 1. The first kappa shape index (κ1) is 13.5. The highest BCUT2D eigenvalue weighted by Crippen LogP contribution is 2.20. The van der Waals surface area contributed by atoms with E-state index in [1.165, 1.54) is 0 Å². The molecule has 0 aromatic carbocycles. The Morgan fingerprint density at radius 2 is 2.12 bits per heavy atom. The molecule has 1 heterocycles. The van der Waals surface area contributed by atoms with Crippen molar-refractivity contribution >= 4 is 5.91 Å². The van der Waals surface area contributed by atoms with Gasteiger partial charge in [0.25, 0.3) is 0 Å². The van der Waals surface area contributed by atoms with Crippen LogP contribution in [0.25, 0.3) is 0 Å². The van der Waals surface area contributed by atoms with Gasteiger partial charge in [-0.15, -0.1) is 0 Å². The highest BCUT2D eigenvalue weighted by atomic mass is 16.5. The molecule has 1 atom stereocenters. The molecule has 0 aromatic heterocycles. The molecular formula is C12H24N2O2. The molecule has 0 bridgehead atoms. The van der Waals surface area contributed by atoms with Crippen molar-refractivity contribution in [2.24, 2.45) is 5.73 Å². The maximum absolute atomic E-state index is 12.1. The van der Waals surface area contributed by atoms with Gasteiger partial charge in [0.2, 0.25) is 5.91 Å². The third-order valence-corrected chi connectivity index (χ3v) is 3.57. The van der Waals surface area contributed by atoms with Crippen molar-refractivity contribution in [3.05, 3.63) is 0 Å². The molecule has 1 fully saturated rings. The van der Waals surface area contributed by atoms with Gasteiger partial charge < -0.3 is 15.8 Å². The second-order valence-electron chi connectivity index (χ2n) is 5.03. The minimum absolute atomic E-state index is 0.0505. The van der Waals surface area contributed by atoms with E-state index < -0.39 is 5.54 Å². The van der Waals surface area contributed by atoms with Crippen LogP contribution in [0.15, 0.2) is 0 Å². The normalized spacial score (nSPS) is 26.5. The average Bonchev–Trinajstić information content (AvgIpc) is 2.28. The Hall–Kier alpha value is -0.610. The van der Waals surface area contributed by atoms with Crippen LogP contribution in [0.4, 0.5) is 0 Å². The topological polar surface area (TPSA) is 64.4 Å². The van der Waals surface area contributed by atoms with Gasteiger partial charge in [-0.25, -0.2) is 0 Å². The minimum Gasteiger partial charge on any atom is -0.379 e. The van der Waals surface area contributed by atoms with Gasteiger partial charge in [0.15, 0.2) is 0 Å². The van der Waals surface area contributed by atoms with Gasteiger partial charge in [-0.2, -0.15) is 0 Å². The maximum atomic E-state index is 12.1. The van der Waals surface area contributed by atoms with Crippen LogP contribution in [0.2, 0.25) is 0 Å². The molecule has 1 aliphatic rings. The zero-order chi connectivity index (χ0) is 12.2. The summed E-state index contributed by atoms with van der Waals surface area (Å²) in [6, 6.07) is 0. The van der Waals surface area contributed by atoms with Crippen LogP contribution in [0.1, 0.15) is 46.5 Å². The summed E-state index contributed by atoms with van der Waals surface area (Å²) >= 11 is 0. The quantitative estimate of drug-likeness (QED) is 0.759. The second-order valence-corrected chi connectivity index (χ2v) is 5.03. The highest BCUT2D eigenvalue weighted by Gasteiger charge is 2.36. The highest BCUT2D eigenvalue weighted by molar-refractivity contribution is 5.86. The van der Waals surface area contributed by atoms with E-state index in [1.807, 2.05) is 20.8 Å². The molecule has 0 aliphatic carbocycles. The molecule has 1 saturated heterocycles. The van der Waals surface area contributed by atoms with Gasteiger partial charge in [-0.05, 0) is 32.6 Å². The Bertz CT molecular complexity index is 243. The van der Waals surface area contributed by atoms with Crippen molar-refractivity contribution in [1.82, 2.24) is 5.32 Å². The van der Waals surface area contributed by atoms with Crippen molar-refractivity contribution in [2.45, 2.75) is 57.5 Å². The van der Waals surface area contributed by atoms with Gasteiger partial charge in [0.1, 0.15) is 0 Å². The van der Waals surface area contributed by atoms with Crippen LogP contribution in [0.5, 0.6) is 0 Å². The SMILES string of the molecule is CCC(N)(CC)C(=O)NC1(C)CCCOC1. The van der Waals surface area contributed by atoms with Gasteiger partial charge >= 0.3 is 0 Å². The molecule has 3 N–H and O–H groups in total. The number of amides is 1. The maximum Gasteiger partial charge on any atom is 0.240 e.